The molecule has 6 rings (SSSR count). The highest BCUT2D eigenvalue weighted by Gasteiger charge is 2.45. The maximum atomic E-state index is 13.3. The average Bonchev–Trinajstić information content (AvgIpc) is 2.68. The number of benzene rings is 2. The van der Waals surface area contributed by atoms with Crippen LogP contribution in [0.15, 0.2) is 24.3 Å². The van der Waals surface area contributed by atoms with Crippen molar-refractivity contribution in [3.05, 3.63) is 45.5 Å². The third kappa shape index (κ3) is 2.41. The van der Waals surface area contributed by atoms with E-state index in [2.05, 4.69) is 4.90 Å². The largest absolute Gasteiger partial charge is 0.393 e. The van der Waals surface area contributed by atoms with Gasteiger partial charge in [0.25, 0.3) is 17.5 Å². The van der Waals surface area contributed by atoms with Crippen LogP contribution in [0.2, 0.25) is 0 Å². The van der Waals surface area contributed by atoms with Crippen LogP contribution in [0.4, 0.5) is 11.4 Å². The number of halogens is 1. The number of nitro groups is 1. The van der Waals surface area contributed by atoms with Crippen molar-refractivity contribution in [3.8, 4) is 0 Å². The van der Waals surface area contributed by atoms with Gasteiger partial charge < -0.3 is 10.6 Å². The summed E-state index contributed by atoms with van der Waals surface area (Å²) in [5, 5.41) is 12.2. The van der Waals surface area contributed by atoms with E-state index in [1.807, 2.05) is 0 Å². The lowest BCUT2D eigenvalue weighted by atomic mass is 9.81. The van der Waals surface area contributed by atoms with Crippen molar-refractivity contribution in [1.82, 2.24) is 9.80 Å². The number of carbonyl (C=O) groups excluding carboxylic acids is 2. The number of imide groups is 1. The molecule has 146 valence electrons. The number of rotatable bonds is 2. The molecule has 0 aliphatic carbocycles. The average molecular weight is 403 g/mol. The van der Waals surface area contributed by atoms with Crippen molar-refractivity contribution in [2.45, 2.75) is 18.9 Å². The van der Waals surface area contributed by atoms with Crippen molar-refractivity contribution < 1.29 is 14.5 Å². The van der Waals surface area contributed by atoms with Gasteiger partial charge in [0.05, 0.1) is 16.5 Å². The van der Waals surface area contributed by atoms with Crippen LogP contribution < -0.4 is 5.73 Å². The Balaban J connectivity index is 0.00000192. The lowest BCUT2D eigenvalue weighted by Gasteiger charge is -2.49. The third-order valence-electron chi connectivity index (χ3n) is 6.23. The van der Waals surface area contributed by atoms with Crippen LogP contribution in [0.1, 0.15) is 33.6 Å². The first-order valence-corrected chi connectivity index (χ1v) is 9.07. The van der Waals surface area contributed by atoms with Gasteiger partial charge in [0, 0.05) is 28.9 Å². The van der Waals surface area contributed by atoms with E-state index < -0.39 is 10.8 Å². The number of fused-ring (bicyclic) bond motifs is 3. The molecular formula is C19H19ClN4O4. The second-order valence-corrected chi connectivity index (χ2v) is 7.53. The zero-order valence-corrected chi connectivity index (χ0v) is 15.8. The lowest BCUT2D eigenvalue weighted by Crippen LogP contribution is -2.60. The summed E-state index contributed by atoms with van der Waals surface area (Å²) in [6.45, 7) is 2.65. The molecule has 0 aromatic heterocycles. The molecule has 4 aliphatic rings. The highest BCUT2D eigenvalue weighted by molar-refractivity contribution is 6.27. The molecule has 3 saturated heterocycles. The summed E-state index contributed by atoms with van der Waals surface area (Å²) in [4.78, 5) is 41.0. The first-order chi connectivity index (χ1) is 13.0. The fraction of sp³-hybridized carbons (Fsp3) is 0.368. The minimum atomic E-state index is -0.583. The Morgan fingerprint density at radius 1 is 1.11 bits per heavy atom. The Kier molecular flexibility index (Phi) is 4.28. The Morgan fingerprint density at radius 2 is 1.79 bits per heavy atom. The van der Waals surface area contributed by atoms with Gasteiger partial charge in [-0.25, -0.2) is 0 Å². The van der Waals surface area contributed by atoms with Crippen LogP contribution in [0.5, 0.6) is 0 Å². The SMILES string of the molecule is Cl.Nc1c([N+](=O)[O-])cc2c3c(cccc13)C(=O)N([C@@H]1CN3CCC1CC3)C2=O. The minimum absolute atomic E-state index is 0. The van der Waals surface area contributed by atoms with E-state index >= 15 is 0 Å². The van der Waals surface area contributed by atoms with Gasteiger partial charge in [-0.05, 0) is 37.9 Å². The molecule has 1 atom stereocenters. The second kappa shape index (κ2) is 6.42. The molecule has 9 heteroatoms. The molecule has 2 amide bonds. The predicted octanol–water partition coefficient (Wildman–Crippen LogP) is 2.44. The molecule has 2 aromatic rings. The molecule has 2 bridgehead atoms. The highest BCUT2D eigenvalue weighted by atomic mass is 35.5. The first kappa shape index (κ1) is 18.6. The molecule has 0 spiro atoms. The van der Waals surface area contributed by atoms with Gasteiger partial charge in [0.2, 0.25) is 0 Å². The van der Waals surface area contributed by atoms with E-state index in [1.54, 1.807) is 18.2 Å². The summed E-state index contributed by atoms with van der Waals surface area (Å²) < 4.78 is 0. The highest BCUT2D eigenvalue weighted by Crippen LogP contribution is 2.41. The van der Waals surface area contributed by atoms with E-state index in [0.717, 1.165) is 25.9 Å². The standard InChI is InChI=1S/C19H18N4O4.ClH/c20-17-11-2-1-3-12-16(11)13(8-14(17)23(26)27)19(25)22(18(12)24)15-9-21-6-4-10(15)5-7-21;/h1-3,8,10,15H,4-7,9,20H2;1H/t15-;/m1./s1. The predicted molar refractivity (Wildman–Crippen MR) is 106 cm³/mol. The van der Waals surface area contributed by atoms with E-state index in [0.29, 0.717) is 22.9 Å². The van der Waals surface area contributed by atoms with Gasteiger partial charge >= 0.3 is 0 Å². The lowest BCUT2D eigenvalue weighted by molar-refractivity contribution is -0.383. The first-order valence-electron chi connectivity index (χ1n) is 9.07. The summed E-state index contributed by atoms with van der Waals surface area (Å²) in [5.74, 6) is -0.497. The van der Waals surface area contributed by atoms with Crippen LogP contribution in [0, 0.1) is 16.0 Å². The maximum absolute atomic E-state index is 13.3. The number of nitrogen functional groups attached to an aromatic ring is 1. The quantitative estimate of drug-likeness (QED) is 0.357. The molecule has 4 heterocycles. The van der Waals surface area contributed by atoms with Crippen molar-refractivity contribution in [3.63, 3.8) is 0 Å². The topological polar surface area (TPSA) is 110 Å². The van der Waals surface area contributed by atoms with Crippen LogP contribution >= 0.6 is 12.4 Å². The van der Waals surface area contributed by atoms with Crippen LogP contribution in [-0.4, -0.2) is 52.2 Å². The van der Waals surface area contributed by atoms with Gasteiger partial charge in [-0.15, -0.1) is 12.4 Å². The smallest absolute Gasteiger partial charge is 0.293 e. The zero-order valence-electron chi connectivity index (χ0n) is 15.0. The number of anilines is 1. The van der Waals surface area contributed by atoms with Crippen LogP contribution in [0.25, 0.3) is 10.8 Å². The Labute approximate surface area is 166 Å². The van der Waals surface area contributed by atoms with Crippen LogP contribution in [0.3, 0.4) is 0 Å². The third-order valence-corrected chi connectivity index (χ3v) is 6.23. The fourth-order valence-electron chi connectivity index (χ4n) is 4.87. The number of amides is 2. The maximum Gasteiger partial charge on any atom is 0.293 e. The molecule has 0 radical (unpaired) electrons. The Morgan fingerprint density at radius 3 is 2.39 bits per heavy atom. The number of hydrogen-bond acceptors (Lipinski definition) is 6. The molecule has 2 aromatic carbocycles. The zero-order chi connectivity index (χ0) is 18.9. The molecule has 3 fully saturated rings. The Hall–Kier alpha value is -2.71. The van der Waals surface area contributed by atoms with E-state index in [1.165, 1.54) is 11.0 Å². The number of hydrogen-bond donors (Lipinski definition) is 1. The molecule has 4 aliphatic heterocycles. The molecule has 0 saturated carbocycles. The number of piperidine rings is 3. The normalized spacial score (nSPS) is 25.7. The summed E-state index contributed by atoms with van der Waals surface area (Å²) in [5.41, 5.74) is 6.23. The molecule has 8 nitrogen and oxygen atoms in total. The van der Waals surface area contributed by atoms with E-state index in [4.69, 9.17) is 5.73 Å². The van der Waals surface area contributed by atoms with Gasteiger partial charge in [-0.2, -0.15) is 0 Å². The second-order valence-electron chi connectivity index (χ2n) is 7.53. The molecule has 2 N–H and O–H groups in total. The van der Waals surface area contributed by atoms with Crippen molar-refractivity contribution in [1.29, 1.82) is 0 Å². The summed E-state index contributed by atoms with van der Waals surface area (Å²) >= 11 is 0. The number of nitrogens with two attached hydrogens (primary N) is 1. The van der Waals surface area contributed by atoms with Gasteiger partial charge in [0.1, 0.15) is 5.69 Å². The summed E-state index contributed by atoms with van der Waals surface area (Å²) in [6.07, 6.45) is 1.92. The monoisotopic (exact) mass is 402 g/mol. The van der Waals surface area contributed by atoms with Crippen molar-refractivity contribution in [2.75, 3.05) is 25.4 Å². The van der Waals surface area contributed by atoms with E-state index in [9.17, 15) is 19.7 Å². The van der Waals surface area contributed by atoms with Gasteiger partial charge in [-0.1, -0.05) is 12.1 Å². The number of carbonyl (C=O) groups is 2. The van der Waals surface area contributed by atoms with E-state index in [-0.39, 0.29) is 47.2 Å². The van der Waals surface area contributed by atoms with Crippen molar-refractivity contribution in [2.24, 2.45) is 5.92 Å². The number of nitrogens with zero attached hydrogens (tertiary/aromatic N) is 3. The van der Waals surface area contributed by atoms with Crippen LogP contribution in [-0.2, 0) is 0 Å². The van der Waals surface area contributed by atoms with Gasteiger partial charge in [0.15, 0.2) is 0 Å². The molecule has 0 unspecified atom stereocenters. The Bertz CT molecular complexity index is 1030. The summed E-state index contributed by atoms with van der Waals surface area (Å²) in [7, 11) is 0. The fourth-order valence-corrected chi connectivity index (χ4v) is 4.87. The minimum Gasteiger partial charge on any atom is -0.393 e. The van der Waals surface area contributed by atoms with Crippen molar-refractivity contribution >= 4 is 46.4 Å². The van der Waals surface area contributed by atoms with Gasteiger partial charge in [-0.3, -0.25) is 24.6 Å². The molecular weight excluding hydrogens is 384 g/mol. The molecule has 28 heavy (non-hydrogen) atoms. The summed E-state index contributed by atoms with van der Waals surface area (Å²) in [6, 6.07) is 5.98. The number of nitro benzene ring substituents is 1.